The molecule has 0 spiro atoms. The van der Waals surface area contributed by atoms with Gasteiger partial charge < -0.3 is 14.0 Å². The van der Waals surface area contributed by atoms with Crippen LogP contribution >= 0.6 is 11.5 Å². The largest absolute Gasteiger partial charge is 0.486 e. The molecule has 4 aromatic rings. The van der Waals surface area contributed by atoms with E-state index in [1.165, 1.54) is 18.2 Å². The summed E-state index contributed by atoms with van der Waals surface area (Å²) in [6, 6.07) is 13.1. The van der Waals surface area contributed by atoms with E-state index < -0.39 is 15.7 Å². The van der Waals surface area contributed by atoms with E-state index in [4.69, 9.17) is 14.0 Å². The maximum Gasteiger partial charge on any atom is 0.279 e. The number of nitrogens with zero attached hydrogens (tertiary/aromatic N) is 3. The summed E-state index contributed by atoms with van der Waals surface area (Å²) in [7, 11) is -3.29. The lowest BCUT2D eigenvalue weighted by atomic mass is 10.1. The second-order valence-electron chi connectivity index (χ2n) is 7.11. The lowest BCUT2D eigenvalue weighted by Crippen LogP contribution is -2.15. The highest BCUT2D eigenvalue weighted by Crippen LogP contribution is 2.34. The summed E-state index contributed by atoms with van der Waals surface area (Å²) in [4.78, 5) is 17.1. The highest BCUT2D eigenvalue weighted by atomic mass is 32.2. The van der Waals surface area contributed by atoms with Gasteiger partial charge in [-0.3, -0.25) is 10.1 Å². The van der Waals surface area contributed by atoms with Gasteiger partial charge in [0.15, 0.2) is 38.6 Å². The van der Waals surface area contributed by atoms with Crippen LogP contribution in [0.25, 0.3) is 22.7 Å². The van der Waals surface area contributed by atoms with Gasteiger partial charge in [0, 0.05) is 35.0 Å². The van der Waals surface area contributed by atoms with Crippen molar-refractivity contribution in [2.45, 2.75) is 4.90 Å². The maximum atomic E-state index is 12.6. The summed E-state index contributed by atoms with van der Waals surface area (Å²) in [5, 5.41) is 6.75. The molecule has 0 radical (unpaired) electrons. The SMILES string of the molecule is CS(=O)(=O)c1ccc(-c2nsc(NC(=O)c3cc(-c4ccc5c(c4)OCCO5)on3)n2)cc1. The Balaban J connectivity index is 1.29. The molecule has 10 nitrogen and oxygen atoms in total. The molecule has 0 fully saturated rings. The van der Waals surface area contributed by atoms with Crippen molar-refractivity contribution in [3.8, 4) is 34.2 Å². The average molecular weight is 485 g/mol. The van der Waals surface area contributed by atoms with Crippen molar-refractivity contribution in [1.82, 2.24) is 14.5 Å². The van der Waals surface area contributed by atoms with Crippen molar-refractivity contribution in [1.29, 1.82) is 0 Å². The molecular formula is C21H16N4O6S2. The Kier molecular flexibility index (Phi) is 5.30. The van der Waals surface area contributed by atoms with Gasteiger partial charge in [-0.1, -0.05) is 5.16 Å². The first kappa shape index (κ1) is 21.1. The number of benzene rings is 2. The van der Waals surface area contributed by atoms with Crippen LogP contribution in [-0.2, 0) is 9.84 Å². The van der Waals surface area contributed by atoms with E-state index in [2.05, 4.69) is 19.8 Å². The Morgan fingerprint density at radius 2 is 1.73 bits per heavy atom. The number of ether oxygens (including phenoxy) is 2. The predicted molar refractivity (Wildman–Crippen MR) is 119 cm³/mol. The van der Waals surface area contributed by atoms with E-state index in [1.807, 2.05) is 0 Å². The predicted octanol–water partition coefficient (Wildman–Crippen LogP) is 3.29. The summed E-state index contributed by atoms with van der Waals surface area (Å²) in [5.41, 5.74) is 1.40. The first-order chi connectivity index (χ1) is 15.9. The number of carbonyl (C=O) groups is 1. The smallest absolute Gasteiger partial charge is 0.279 e. The van der Waals surface area contributed by atoms with E-state index in [1.54, 1.807) is 30.3 Å². The molecule has 1 aliphatic rings. The van der Waals surface area contributed by atoms with E-state index in [-0.39, 0.29) is 15.7 Å². The molecule has 0 atom stereocenters. The zero-order chi connectivity index (χ0) is 23.0. The molecule has 0 saturated carbocycles. The lowest BCUT2D eigenvalue weighted by Gasteiger charge is -2.18. The Labute approximate surface area is 192 Å². The first-order valence-electron chi connectivity index (χ1n) is 9.69. The number of anilines is 1. The number of sulfone groups is 1. The van der Waals surface area contributed by atoms with Crippen LogP contribution in [0.2, 0.25) is 0 Å². The minimum atomic E-state index is -3.29. The second kappa shape index (κ2) is 8.30. The molecule has 1 N–H and O–H groups in total. The molecular weight excluding hydrogens is 468 g/mol. The fourth-order valence-corrected chi connectivity index (χ4v) is 4.33. The average Bonchev–Trinajstić information content (AvgIpc) is 3.48. The van der Waals surface area contributed by atoms with Gasteiger partial charge >= 0.3 is 0 Å². The van der Waals surface area contributed by atoms with Gasteiger partial charge in [0.2, 0.25) is 5.13 Å². The molecule has 5 rings (SSSR count). The Hall–Kier alpha value is -3.77. The first-order valence-corrected chi connectivity index (χ1v) is 12.4. The zero-order valence-electron chi connectivity index (χ0n) is 17.1. The number of rotatable bonds is 5. The maximum absolute atomic E-state index is 12.6. The van der Waals surface area contributed by atoms with Crippen LogP contribution in [0.3, 0.4) is 0 Å². The van der Waals surface area contributed by atoms with Crippen LogP contribution in [-0.4, -0.2) is 48.3 Å². The monoisotopic (exact) mass is 484 g/mol. The molecule has 0 unspecified atom stereocenters. The minimum Gasteiger partial charge on any atom is -0.486 e. The number of fused-ring (bicyclic) bond motifs is 1. The molecule has 168 valence electrons. The minimum absolute atomic E-state index is 0.0779. The molecule has 2 aromatic carbocycles. The Bertz CT molecular complexity index is 1440. The highest BCUT2D eigenvalue weighted by molar-refractivity contribution is 7.90. The van der Waals surface area contributed by atoms with Crippen LogP contribution in [0.5, 0.6) is 11.5 Å². The fourth-order valence-electron chi connectivity index (χ4n) is 3.12. The summed E-state index contributed by atoms with van der Waals surface area (Å²) >= 11 is 0.996. The molecule has 33 heavy (non-hydrogen) atoms. The number of hydrogen-bond acceptors (Lipinski definition) is 10. The van der Waals surface area contributed by atoms with Crippen molar-refractivity contribution in [3.05, 3.63) is 54.2 Å². The third-order valence-electron chi connectivity index (χ3n) is 4.76. The molecule has 1 amide bonds. The van der Waals surface area contributed by atoms with Gasteiger partial charge in [-0.15, -0.1) is 0 Å². The quantitative estimate of drug-likeness (QED) is 0.453. The van der Waals surface area contributed by atoms with E-state index in [0.717, 1.165) is 17.8 Å². The topological polar surface area (TPSA) is 134 Å². The summed E-state index contributed by atoms with van der Waals surface area (Å²) in [5.74, 6) is 1.53. The van der Waals surface area contributed by atoms with Gasteiger partial charge in [-0.2, -0.15) is 9.36 Å². The third-order valence-corrected chi connectivity index (χ3v) is 6.52. The Morgan fingerprint density at radius 1 is 1.00 bits per heavy atom. The molecule has 1 aliphatic heterocycles. The van der Waals surface area contributed by atoms with Crippen LogP contribution in [0.4, 0.5) is 5.13 Å². The number of nitrogens with one attached hydrogen (secondary N) is 1. The van der Waals surface area contributed by atoms with E-state index in [9.17, 15) is 13.2 Å². The summed E-state index contributed by atoms with van der Waals surface area (Å²) < 4.78 is 43.8. The summed E-state index contributed by atoms with van der Waals surface area (Å²) in [6.45, 7) is 0.963. The standard InChI is InChI=1S/C21H16N4O6S2/c1-33(27,28)14-5-2-12(3-6-14)19-22-21(32-25-19)23-20(26)15-11-17(31-24-15)13-4-7-16-18(10-13)30-9-8-29-16/h2-7,10-11H,8-9H2,1H3,(H,22,23,25,26). The Morgan fingerprint density at radius 3 is 2.48 bits per heavy atom. The van der Waals surface area contributed by atoms with Crippen molar-refractivity contribution in [2.24, 2.45) is 0 Å². The van der Waals surface area contributed by atoms with Gasteiger partial charge in [-0.25, -0.2) is 8.42 Å². The van der Waals surface area contributed by atoms with E-state index in [0.29, 0.717) is 47.4 Å². The molecule has 0 bridgehead atoms. The van der Waals surface area contributed by atoms with Crippen LogP contribution in [0.15, 0.2) is 57.9 Å². The molecule has 3 heterocycles. The normalized spacial score (nSPS) is 13.0. The third kappa shape index (κ3) is 4.43. The van der Waals surface area contributed by atoms with Gasteiger partial charge in [0.05, 0.1) is 4.90 Å². The zero-order valence-corrected chi connectivity index (χ0v) is 18.8. The molecule has 12 heteroatoms. The van der Waals surface area contributed by atoms with Crippen LogP contribution in [0, 0.1) is 0 Å². The molecule has 2 aromatic heterocycles. The van der Waals surface area contributed by atoms with Crippen molar-refractivity contribution in [2.75, 3.05) is 24.8 Å². The van der Waals surface area contributed by atoms with Gasteiger partial charge in [-0.05, 0) is 42.5 Å². The number of carbonyl (C=O) groups excluding carboxylic acids is 1. The molecule has 0 aliphatic carbocycles. The molecule has 0 saturated heterocycles. The highest BCUT2D eigenvalue weighted by Gasteiger charge is 2.19. The number of aromatic nitrogens is 3. The van der Waals surface area contributed by atoms with Crippen molar-refractivity contribution >= 4 is 32.4 Å². The second-order valence-corrected chi connectivity index (χ2v) is 9.88. The van der Waals surface area contributed by atoms with Crippen molar-refractivity contribution in [3.63, 3.8) is 0 Å². The van der Waals surface area contributed by atoms with Crippen molar-refractivity contribution < 1.29 is 27.2 Å². The van der Waals surface area contributed by atoms with Gasteiger partial charge in [0.25, 0.3) is 5.91 Å². The number of hydrogen-bond donors (Lipinski definition) is 1. The number of amides is 1. The van der Waals surface area contributed by atoms with Gasteiger partial charge in [0.1, 0.15) is 13.2 Å². The van der Waals surface area contributed by atoms with Crippen LogP contribution in [0.1, 0.15) is 10.5 Å². The fraction of sp³-hybridized carbons (Fsp3) is 0.143. The summed E-state index contributed by atoms with van der Waals surface area (Å²) in [6.07, 6.45) is 1.14. The van der Waals surface area contributed by atoms with Crippen LogP contribution < -0.4 is 14.8 Å². The van der Waals surface area contributed by atoms with E-state index >= 15 is 0 Å². The lowest BCUT2D eigenvalue weighted by molar-refractivity contribution is 0.101.